The molecule has 2 N–H and O–H groups in total. The van der Waals surface area contributed by atoms with E-state index in [1.807, 2.05) is 13.8 Å². The van der Waals surface area contributed by atoms with Crippen molar-refractivity contribution < 1.29 is 9.26 Å². The molecule has 0 saturated heterocycles. The monoisotopic (exact) mass is 255 g/mol. The highest BCUT2D eigenvalue weighted by Crippen LogP contribution is 2.24. The van der Waals surface area contributed by atoms with Crippen molar-refractivity contribution in [1.29, 1.82) is 0 Å². The summed E-state index contributed by atoms with van der Waals surface area (Å²) in [6.07, 6.45) is 1.72. The maximum atomic E-state index is 5.77. The van der Waals surface area contributed by atoms with Crippen LogP contribution < -0.4 is 5.73 Å². The van der Waals surface area contributed by atoms with Crippen molar-refractivity contribution in [2.75, 3.05) is 13.2 Å². The third-order valence-electron chi connectivity index (χ3n) is 2.87. The molecule has 0 fully saturated rings. The summed E-state index contributed by atoms with van der Waals surface area (Å²) in [5.74, 6) is 1.98. The lowest BCUT2D eigenvalue weighted by molar-refractivity contribution is 0.0518. The van der Waals surface area contributed by atoms with Gasteiger partial charge in [-0.25, -0.2) is 0 Å². The average molecular weight is 255 g/mol. The molecule has 2 unspecified atom stereocenters. The first kappa shape index (κ1) is 15.1. The highest BCUT2D eigenvalue weighted by molar-refractivity contribution is 4.97. The molecular weight excluding hydrogens is 230 g/mol. The summed E-state index contributed by atoms with van der Waals surface area (Å²) < 4.78 is 10.9. The molecule has 0 aliphatic heterocycles. The molecule has 5 heteroatoms. The Morgan fingerprint density at radius 2 is 2.06 bits per heavy atom. The van der Waals surface area contributed by atoms with Crippen LogP contribution in [0.15, 0.2) is 4.52 Å². The summed E-state index contributed by atoms with van der Waals surface area (Å²) in [4.78, 5) is 4.44. The van der Waals surface area contributed by atoms with Gasteiger partial charge in [0.05, 0.1) is 5.92 Å². The molecule has 0 amide bonds. The maximum Gasteiger partial charge on any atom is 0.231 e. The van der Waals surface area contributed by atoms with Crippen LogP contribution in [0.5, 0.6) is 0 Å². The van der Waals surface area contributed by atoms with Gasteiger partial charge in [0, 0.05) is 13.2 Å². The SMILES string of the molecule is CCOC(CC)c1noc(C(CN)CC(C)C)n1. The first-order chi connectivity index (χ1) is 8.62. The van der Waals surface area contributed by atoms with Gasteiger partial charge in [-0.05, 0) is 25.7 Å². The standard InChI is InChI=1S/C13H25N3O2/c1-5-11(17-6-2)12-15-13(18-16-12)10(8-14)7-9(3)4/h9-11H,5-8,14H2,1-4H3. The molecule has 0 saturated carbocycles. The van der Waals surface area contributed by atoms with E-state index in [0.717, 1.165) is 12.8 Å². The van der Waals surface area contributed by atoms with E-state index in [9.17, 15) is 0 Å². The molecule has 5 nitrogen and oxygen atoms in total. The van der Waals surface area contributed by atoms with Gasteiger partial charge < -0.3 is 15.0 Å². The van der Waals surface area contributed by atoms with Crippen LogP contribution in [0, 0.1) is 5.92 Å². The van der Waals surface area contributed by atoms with Gasteiger partial charge >= 0.3 is 0 Å². The molecular formula is C13H25N3O2. The number of rotatable bonds is 8. The van der Waals surface area contributed by atoms with Crippen molar-refractivity contribution in [3.63, 3.8) is 0 Å². The molecule has 2 atom stereocenters. The van der Waals surface area contributed by atoms with Gasteiger partial charge in [0.1, 0.15) is 6.10 Å². The summed E-state index contributed by atoms with van der Waals surface area (Å²) in [6.45, 7) is 9.51. The lowest BCUT2D eigenvalue weighted by Gasteiger charge is -2.12. The highest BCUT2D eigenvalue weighted by Gasteiger charge is 2.22. The first-order valence-electron chi connectivity index (χ1n) is 6.77. The van der Waals surface area contributed by atoms with Crippen LogP contribution in [0.4, 0.5) is 0 Å². The normalized spacial score (nSPS) is 15.0. The van der Waals surface area contributed by atoms with Crippen LogP contribution in [0.3, 0.4) is 0 Å². The van der Waals surface area contributed by atoms with Gasteiger partial charge in [0.2, 0.25) is 11.7 Å². The zero-order valence-electron chi connectivity index (χ0n) is 11.8. The van der Waals surface area contributed by atoms with E-state index in [-0.39, 0.29) is 12.0 Å². The molecule has 0 aliphatic rings. The van der Waals surface area contributed by atoms with E-state index >= 15 is 0 Å². The van der Waals surface area contributed by atoms with Crippen LogP contribution in [-0.4, -0.2) is 23.3 Å². The Morgan fingerprint density at radius 1 is 1.33 bits per heavy atom. The average Bonchev–Trinajstić information content (AvgIpc) is 2.82. The number of aromatic nitrogens is 2. The van der Waals surface area contributed by atoms with E-state index in [1.54, 1.807) is 0 Å². The minimum absolute atomic E-state index is 0.0787. The molecule has 1 aromatic rings. The Morgan fingerprint density at radius 3 is 2.56 bits per heavy atom. The Hall–Kier alpha value is -0.940. The molecule has 1 aromatic heterocycles. The van der Waals surface area contributed by atoms with Crippen LogP contribution >= 0.6 is 0 Å². The molecule has 0 aliphatic carbocycles. The topological polar surface area (TPSA) is 74.2 Å². The molecule has 18 heavy (non-hydrogen) atoms. The Labute approximate surface area is 109 Å². The second-order valence-corrected chi connectivity index (χ2v) is 4.91. The minimum atomic E-state index is -0.0787. The molecule has 1 rings (SSSR count). The van der Waals surface area contributed by atoms with E-state index in [1.165, 1.54) is 0 Å². The van der Waals surface area contributed by atoms with Crippen LogP contribution in [-0.2, 0) is 4.74 Å². The molecule has 104 valence electrons. The van der Waals surface area contributed by atoms with Crippen LogP contribution in [0.25, 0.3) is 0 Å². The lowest BCUT2D eigenvalue weighted by atomic mass is 9.97. The summed E-state index contributed by atoms with van der Waals surface area (Å²) in [5, 5.41) is 4.02. The fourth-order valence-electron chi connectivity index (χ4n) is 1.99. The van der Waals surface area contributed by atoms with E-state index in [0.29, 0.717) is 30.8 Å². The maximum absolute atomic E-state index is 5.77. The predicted octanol–water partition coefficient (Wildman–Crippen LogP) is 2.65. The Balaban J connectivity index is 2.76. The van der Waals surface area contributed by atoms with E-state index in [4.69, 9.17) is 15.0 Å². The first-order valence-corrected chi connectivity index (χ1v) is 6.77. The molecule has 0 radical (unpaired) electrons. The molecule has 1 heterocycles. The zero-order valence-corrected chi connectivity index (χ0v) is 11.8. The van der Waals surface area contributed by atoms with Crippen molar-refractivity contribution in [2.24, 2.45) is 11.7 Å². The van der Waals surface area contributed by atoms with Crippen molar-refractivity contribution in [3.05, 3.63) is 11.7 Å². The fourth-order valence-corrected chi connectivity index (χ4v) is 1.99. The lowest BCUT2D eigenvalue weighted by Crippen LogP contribution is -2.15. The number of hydrogen-bond acceptors (Lipinski definition) is 5. The fraction of sp³-hybridized carbons (Fsp3) is 0.846. The second kappa shape index (κ2) is 7.48. The summed E-state index contributed by atoms with van der Waals surface area (Å²) in [7, 11) is 0. The Kier molecular flexibility index (Phi) is 6.29. The van der Waals surface area contributed by atoms with Gasteiger partial charge in [-0.15, -0.1) is 0 Å². The quantitative estimate of drug-likeness (QED) is 0.773. The summed E-state index contributed by atoms with van der Waals surface area (Å²) in [6, 6.07) is 0. The number of nitrogens with zero attached hydrogens (tertiary/aromatic N) is 2. The van der Waals surface area contributed by atoms with Gasteiger partial charge in [-0.3, -0.25) is 0 Å². The van der Waals surface area contributed by atoms with Crippen molar-refractivity contribution >= 4 is 0 Å². The molecule has 0 bridgehead atoms. The second-order valence-electron chi connectivity index (χ2n) is 4.91. The van der Waals surface area contributed by atoms with E-state index in [2.05, 4.69) is 24.0 Å². The highest BCUT2D eigenvalue weighted by atomic mass is 16.5. The zero-order chi connectivity index (χ0) is 13.5. The van der Waals surface area contributed by atoms with Gasteiger partial charge in [-0.2, -0.15) is 4.98 Å². The minimum Gasteiger partial charge on any atom is -0.370 e. The third kappa shape index (κ3) is 4.07. The van der Waals surface area contributed by atoms with Crippen LogP contribution in [0.2, 0.25) is 0 Å². The van der Waals surface area contributed by atoms with Gasteiger partial charge in [-0.1, -0.05) is 25.9 Å². The van der Waals surface area contributed by atoms with Crippen molar-refractivity contribution in [2.45, 2.75) is 52.6 Å². The van der Waals surface area contributed by atoms with Crippen molar-refractivity contribution in [1.82, 2.24) is 10.1 Å². The van der Waals surface area contributed by atoms with Crippen molar-refractivity contribution in [3.8, 4) is 0 Å². The number of nitrogens with two attached hydrogens (primary N) is 1. The number of hydrogen-bond donors (Lipinski definition) is 1. The predicted molar refractivity (Wildman–Crippen MR) is 70.2 cm³/mol. The summed E-state index contributed by atoms with van der Waals surface area (Å²) >= 11 is 0. The molecule has 0 spiro atoms. The van der Waals surface area contributed by atoms with Gasteiger partial charge in [0.15, 0.2) is 0 Å². The van der Waals surface area contributed by atoms with Gasteiger partial charge in [0.25, 0.3) is 0 Å². The van der Waals surface area contributed by atoms with Crippen LogP contribution in [0.1, 0.15) is 64.3 Å². The Bertz CT molecular complexity index is 339. The summed E-state index contributed by atoms with van der Waals surface area (Å²) in [5.41, 5.74) is 5.77. The number of ether oxygens (including phenoxy) is 1. The third-order valence-corrected chi connectivity index (χ3v) is 2.87. The smallest absolute Gasteiger partial charge is 0.231 e. The molecule has 0 aromatic carbocycles. The largest absolute Gasteiger partial charge is 0.370 e. The van der Waals surface area contributed by atoms with E-state index < -0.39 is 0 Å².